The summed E-state index contributed by atoms with van der Waals surface area (Å²) in [5.41, 5.74) is 10.5. The van der Waals surface area contributed by atoms with Crippen LogP contribution in [-0.4, -0.2) is 24.9 Å². The molecule has 0 spiro atoms. The van der Waals surface area contributed by atoms with Crippen LogP contribution in [0.25, 0.3) is 0 Å². The first-order chi connectivity index (χ1) is 10.2. The molecule has 2 amide bonds. The minimum Gasteiger partial charge on any atom is -0.370 e. The molecule has 5 heteroatoms. The molecule has 124 valence electrons. The van der Waals surface area contributed by atoms with Crippen molar-refractivity contribution in [1.29, 1.82) is 0 Å². The van der Waals surface area contributed by atoms with Gasteiger partial charge >= 0.3 is 0 Å². The van der Waals surface area contributed by atoms with Gasteiger partial charge in [-0.3, -0.25) is 9.59 Å². The summed E-state index contributed by atoms with van der Waals surface area (Å²) in [6.07, 6.45) is 11.8. The molecule has 0 aromatic heterocycles. The highest BCUT2D eigenvalue weighted by Gasteiger charge is 2.00. The molecule has 0 atom stereocenters. The first-order valence-corrected chi connectivity index (χ1v) is 8.42. The van der Waals surface area contributed by atoms with E-state index in [4.69, 9.17) is 11.5 Å². The van der Waals surface area contributed by atoms with E-state index in [-0.39, 0.29) is 11.8 Å². The van der Waals surface area contributed by atoms with Crippen LogP contribution >= 0.6 is 0 Å². The van der Waals surface area contributed by atoms with Crippen LogP contribution < -0.4 is 16.8 Å². The third kappa shape index (κ3) is 16.8. The second kappa shape index (κ2) is 15.3. The minimum atomic E-state index is -0.217. The molecule has 0 saturated heterocycles. The van der Waals surface area contributed by atoms with Crippen LogP contribution in [-0.2, 0) is 9.59 Å². The molecule has 5 N–H and O–H groups in total. The first kappa shape index (κ1) is 19.9. The SMILES string of the molecule is NCCCCCCCC(=O)NCCCCCCCC(N)=O. The Hall–Kier alpha value is -1.10. The third-order valence-corrected chi connectivity index (χ3v) is 3.53. The van der Waals surface area contributed by atoms with E-state index in [1.165, 1.54) is 12.8 Å². The molecule has 0 unspecified atom stereocenters. The molecule has 0 aromatic carbocycles. The standard InChI is InChI=1S/C16H33N3O2/c17-13-9-5-1-4-8-12-16(21)19-14-10-6-2-3-7-11-15(18)20/h1-14,17H2,(H2,18,20)(H,19,21). The molecule has 5 nitrogen and oxygen atoms in total. The fraction of sp³-hybridized carbons (Fsp3) is 0.875. The normalized spacial score (nSPS) is 10.5. The van der Waals surface area contributed by atoms with Gasteiger partial charge in [-0.15, -0.1) is 0 Å². The first-order valence-electron chi connectivity index (χ1n) is 8.42. The molecule has 0 aromatic rings. The van der Waals surface area contributed by atoms with Crippen LogP contribution in [0.5, 0.6) is 0 Å². The molecule has 0 rings (SSSR count). The van der Waals surface area contributed by atoms with Crippen molar-refractivity contribution in [3.8, 4) is 0 Å². The van der Waals surface area contributed by atoms with Gasteiger partial charge in [0.05, 0.1) is 0 Å². The maximum absolute atomic E-state index is 11.6. The van der Waals surface area contributed by atoms with Gasteiger partial charge in [0.25, 0.3) is 0 Å². The van der Waals surface area contributed by atoms with Gasteiger partial charge in [0.2, 0.25) is 11.8 Å². The Morgan fingerprint density at radius 2 is 1.24 bits per heavy atom. The number of amides is 2. The predicted molar refractivity (Wildman–Crippen MR) is 86.7 cm³/mol. The zero-order valence-corrected chi connectivity index (χ0v) is 13.4. The van der Waals surface area contributed by atoms with Crippen molar-refractivity contribution >= 4 is 11.8 Å². The minimum absolute atomic E-state index is 0.169. The summed E-state index contributed by atoms with van der Waals surface area (Å²) in [5, 5.41) is 2.96. The van der Waals surface area contributed by atoms with E-state index in [9.17, 15) is 9.59 Å². The van der Waals surface area contributed by atoms with Crippen LogP contribution in [0.15, 0.2) is 0 Å². The Kier molecular flexibility index (Phi) is 14.5. The van der Waals surface area contributed by atoms with E-state index in [1.807, 2.05) is 0 Å². The summed E-state index contributed by atoms with van der Waals surface area (Å²) in [4.78, 5) is 22.1. The van der Waals surface area contributed by atoms with Gasteiger partial charge < -0.3 is 16.8 Å². The lowest BCUT2D eigenvalue weighted by Gasteiger charge is -2.05. The fourth-order valence-electron chi connectivity index (χ4n) is 2.23. The number of carbonyl (C=O) groups excluding carboxylic acids is 2. The van der Waals surface area contributed by atoms with Crippen LogP contribution in [0.2, 0.25) is 0 Å². The van der Waals surface area contributed by atoms with Crippen molar-refractivity contribution in [2.24, 2.45) is 11.5 Å². The highest BCUT2D eigenvalue weighted by molar-refractivity contribution is 5.75. The topological polar surface area (TPSA) is 98.2 Å². The van der Waals surface area contributed by atoms with Gasteiger partial charge in [-0.2, -0.15) is 0 Å². The van der Waals surface area contributed by atoms with Gasteiger partial charge in [-0.05, 0) is 32.2 Å². The van der Waals surface area contributed by atoms with Crippen LogP contribution in [0.3, 0.4) is 0 Å². The van der Waals surface area contributed by atoms with Crippen molar-refractivity contribution in [3.63, 3.8) is 0 Å². The maximum atomic E-state index is 11.6. The average molecular weight is 299 g/mol. The predicted octanol–water partition coefficient (Wildman–Crippen LogP) is 2.23. The lowest BCUT2D eigenvalue weighted by molar-refractivity contribution is -0.121. The largest absolute Gasteiger partial charge is 0.370 e. The summed E-state index contributed by atoms with van der Waals surface area (Å²) >= 11 is 0. The Balaban J connectivity index is 3.17. The van der Waals surface area contributed by atoms with Gasteiger partial charge in [0, 0.05) is 19.4 Å². The molecule has 0 heterocycles. The average Bonchev–Trinajstić information content (AvgIpc) is 2.45. The molecule has 0 aliphatic rings. The smallest absolute Gasteiger partial charge is 0.219 e. The second-order valence-corrected chi connectivity index (χ2v) is 5.64. The molecule has 0 bridgehead atoms. The summed E-state index contributed by atoms with van der Waals surface area (Å²) in [6.45, 7) is 1.53. The van der Waals surface area contributed by atoms with Crippen molar-refractivity contribution in [3.05, 3.63) is 0 Å². The fourth-order valence-corrected chi connectivity index (χ4v) is 2.23. The van der Waals surface area contributed by atoms with Crippen molar-refractivity contribution in [1.82, 2.24) is 5.32 Å². The Morgan fingerprint density at radius 3 is 1.86 bits per heavy atom. The van der Waals surface area contributed by atoms with Crippen LogP contribution in [0.4, 0.5) is 0 Å². The second-order valence-electron chi connectivity index (χ2n) is 5.64. The molecule has 0 radical (unpaired) electrons. The number of carbonyl (C=O) groups is 2. The summed E-state index contributed by atoms with van der Waals surface area (Å²) < 4.78 is 0. The lowest BCUT2D eigenvalue weighted by atomic mass is 10.1. The number of hydrogen-bond acceptors (Lipinski definition) is 3. The van der Waals surface area contributed by atoms with Crippen LogP contribution in [0.1, 0.15) is 77.0 Å². The van der Waals surface area contributed by atoms with Crippen molar-refractivity contribution in [2.75, 3.05) is 13.1 Å². The van der Waals surface area contributed by atoms with Gasteiger partial charge in [-0.25, -0.2) is 0 Å². The number of nitrogens with two attached hydrogens (primary N) is 2. The van der Waals surface area contributed by atoms with Crippen LogP contribution in [0, 0.1) is 0 Å². The van der Waals surface area contributed by atoms with Crippen molar-refractivity contribution < 1.29 is 9.59 Å². The number of primary amides is 1. The number of rotatable bonds is 15. The van der Waals surface area contributed by atoms with E-state index in [1.54, 1.807) is 0 Å². The third-order valence-electron chi connectivity index (χ3n) is 3.53. The molecule has 21 heavy (non-hydrogen) atoms. The summed E-state index contributed by atoms with van der Waals surface area (Å²) in [7, 11) is 0. The highest BCUT2D eigenvalue weighted by Crippen LogP contribution is 2.06. The van der Waals surface area contributed by atoms with E-state index in [0.29, 0.717) is 12.8 Å². The summed E-state index contributed by atoms with van der Waals surface area (Å²) in [6, 6.07) is 0. The zero-order valence-electron chi connectivity index (χ0n) is 13.4. The van der Waals surface area contributed by atoms with Crippen molar-refractivity contribution in [2.45, 2.75) is 77.0 Å². The molecule has 0 saturated carbocycles. The van der Waals surface area contributed by atoms with Gasteiger partial charge in [0.1, 0.15) is 0 Å². The highest BCUT2D eigenvalue weighted by atomic mass is 16.1. The Morgan fingerprint density at radius 1 is 0.714 bits per heavy atom. The molecule has 0 fully saturated rings. The molecular weight excluding hydrogens is 266 g/mol. The zero-order chi connectivity index (χ0) is 15.8. The quantitative estimate of drug-likeness (QED) is 0.404. The molecule has 0 aliphatic carbocycles. The Bertz CT molecular complexity index is 270. The molecule has 0 aliphatic heterocycles. The van der Waals surface area contributed by atoms with Gasteiger partial charge in [0.15, 0.2) is 0 Å². The van der Waals surface area contributed by atoms with E-state index in [0.717, 1.165) is 64.5 Å². The van der Waals surface area contributed by atoms with E-state index < -0.39 is 0 Å². The van der Waals surface area contributed by atoms with Gasteiger partial charge in [-0.1, -0.05) is 38.5 Å². The Labute approximate surface area is 129 Å². The lowest BCUT2D eigenvalue weighted by Crippen LogP contribution is -2.23. The van der Waals surface area contributed by atoms with E-state index >= 15 is 0 Å². The number of hydrogen-bond donors (Lipinski definition) is 3. The maximum Gasteiger partial charge on any atom is 0.219 e. The number of nitrogens with one attached hydrogen (secondary N) is 1. The van der Waals surface area contributed by atoms with E-state index in [2.05, 4.69) is 5.32 Å². The number of unbranched alkanes of at least 4 members (excludes halogenated alkanes) is 8. The monoisotopic (exact) mass is 299 g/mol. The summed E-state index contributed by atoms with van der Waals surface area (Å²) in [5.74, 6) is -0.0483. The molecular formula is C16H33N3O2.